The number of esters is 1. The minimum Gasteiger partial charge on any atom is -0.458 e. The Kier molecular flexibility index (Phi) is 14.2. The summed E-state index contributed by atoms with van der Waals surface area (Å²) < 4.78 is 53.9. The van der Waals surface area contributed by atoms with E-state index in [4.69, 9.17) is 42.6 Å². The lowest BCUT2D eigenvalue weighted by atomic mass is 9.42. The molecule has 9 rings (SSSR count). The first-order chi connectivity index (χ1) is 31.2. The number of rotatable bonds is 10. The SMILES string of the molecule is C[C@H]1O[C@@H](O[C@H]2CC[C@@]3(C)[C@@H](CC[C@@H]4[C@H]3C[C@@H](O)[C@]3(C)[C@@H](C5=CC(=O)OC5)CC[C@]43O)C2)C[C@H](O)[C@H]1O[C@@H]1C[C@H](O)[C@H](O[C@H]2C[C@H](O)[C@H](O[C@@H]3O[C@H](CO)[C@@H](O)[C@H](O)[C@H]3O)[C@@H](C)O2)[C@@H](C)O1. The largest absolute Gasteiger partial charge is 0.458 e. The molecule has 0 spiro atoms. The predicted molar refractivity (Wildman–Crippen MR) is 225 cm³/mol. The second-order valence-corrected chi connectivity index (χ2v) is 21.6. The number of cyclic esters (lactones) is 1. The zero-order valence-corrected chi connectivity index (χ0v) is 38.7. The Balaban J connectivity index is 0.737. The van der Waals surface area contributed by atoms with Gasteiger partial charge in [0.2, 0.25) is 0 Å². The van der Waals surface area contributed by atoms with Crippen LogP contribution in [-0.4, -0.2) is 187 Å². The molecule has 4 saturated carbocycles. The molecule has 9 aliphatic rings. The van der Waals surface area contributed by atoms with Crippen molar-refractivity contribution in [2.24, 2.45) is 34.5 Å². The molecule has 4 aliphatic carbocycles. The average Bonchev–Trinajstić information content (AvgIpc) is 3.82. The van der Waals surface area contributed by atoms with Crippen molar-refractivity contribution in [1.82, 2.24) is 0 Å². The Hall–Kier alpha value is -1.47. The smallest absolute Gasteiger partial charge is 0.331 e. The van der Waals surface area contributed by atoms with E-state index in [9.17, 15) is 50.8 Å². The van der Waals surface area contributed by atoms with Crippen molar-refractivity contribution < 1.29 is 93.4 Å². The first kappa shape index (κ1) is 49.5. The Morgan fingerprint density at radius 2 is 1.23 bits per heavy atom. The van der Waals surface area contributed by atoms with Gasteiger partial charge in [-0.2, -0.15) is 0 Å². The zero-order valence-electron chi connectivity index (χ0n) is 38.7. The first-order valence-electron chi connectivity index (χ1n) is 24.5. The van der Waals surface area contributed by atoms with Crippen molar-refractivity contribution in [3.05, 3.63) is 11.6 Å². The molecule has 0 radical (unpaired) electrons. The summed E-state index contributed by atoms with van der Waals surface area (Å²) in [6.45, 7) is 9.11. The van der Waals surface area contributed by atoms with E-state index in [1.807, 2.05) is 13.8 Å². The lowest BCUT2D eigenvalue weighted by Gasteiger charge is -2.65. The van der Waals surface area contributed by atoms with Crippen LogP contribution in [0.2, 0.25) is 0 Å². The van der Waals surface area contributed by atoms with Crippen molar-refractivity contribution in [2.75, 3.05) is 13.2 Å². The Bertz CT molecular complexity index is 1720. The van der Waals surface area contributed by atoms with Crippen LogP contribution < -0.4 is 0 Å². The molecule has 0 unspecified atom stereocenters. The van der Waals surface area contributed by atoms with E-state index < -0.39 is 128 Å². The van der Waals surface area contributed by atoms with E-state index in [1.165, 1.54) is 0 Å². The molecular formula is C47H74O19. The van der Waals surface area contributed by atoms with Crippen LogP contribution in [0.3, 0.4) is 0 Å². The highest BCUT2D eigenvalue weighted by atomic mass is 16.8. The molecule has 9 N–H and O–H groups in total. The van der Waals surface area contributed by atoms with Crippen LogP contribution >= 0.6 is 0 Å². The number of carbonyl (C=O) groups is 1. The topological polar surface area (TPSA) is 282 Å². The van der Waals surface area contributed by atoms with Crippen molar-refractivity contribution in [3.8, 4) is 0 Å². The van der Waals surface area contributed by atoms with Gasteiger partial charge in [-0.1, -0.05) is 13.8 Å². The van der Waals surface area contributed by atoms with Gasteiger partial charge in [-0.15, -0.1) is 0 Å². The van der Waals surface area contributed by atoms with E-state index in [0.29, 0.717) is 18.8 Å². The van der Waals surface area contributed by atoms with E-state index in [1.54, 1.807) is 19.9 Å². The second kappa shape index (κ2) is 18.9. The number of ether oxygens (including phenoxy) is 9. The normalized spacial score (nSPS) is 55.3. The lowest BCUT2D eigenvalue weighted by molar-refractivity contribution is -0.355. The summed E-state index contributed by atoms with van der Waals surface area (Å²) >= 11 is 0. The van der Waals surface area contributed by atoms with E-state index >= 15 is 0 Å². The molecule has 0 bridgehead atoms. The second-order valence-electron chi connectivity index (χ2n) is 21.6. The maximum absolute atomic E-state index is 12.6. The van der Waals surface area contributed by atoms with E-state index in [-0.39, 0.29) is 61.1 Å². The van der Waals surface area contributed by atoms with E-state index in [0.717, 1.165) is 44.1 Å². The van der Waals surface area contributed by atoms with Gasteiger partial charge >= 0.3 is 5.97 Å². The summed E-state index contributed by atoms with van der Waals surface area (Å²) in [5.74, 6) is 0.0825. The fourth-order valence-corrected chi connectivity index (χ4v) is 14.3. The molecule has 0 aromatic rings. The van der Waals surface area contributed by atoms with Gasteiger partial charge in [0.05, 0.1) is 61.0 Å². The van der Waals surface area contributed by atoms with Gasteiger partial charge in [0.1, 0.15) is 49.3 Å². The van der Waals surface area contributed by atoms with Crippen LogP contribution in [0.4, 0.5) is 0 Å². The van der Waals surface area contributed by atoms with Gasteiger partial charge in [0.15, 0.2) is 25.2 Å². The van der Waals surface area contributed by atoms with Crippen molar-refractivity contribution in [2.45, 2.75) is 228 Å². The van der Waals surface area contributed by atoms with Crippen LogP contribution in [0.25, 0.3) is 0 Å². The van der Waals surface area contributed by atoms with Gasteiger partial charge in [-0.25, -0.2) is 4.79 Å². The summed E-state index contributed by atoms with van der Waals surface area (Å²) in [6, 6.07) is 0. The molecule has 0 aromatic carbocycles. The first-order valence-corrected chi connectivity index (χ1v) is 24.5. The summed E-state index contributed by atoms with van der Waals surface area (Å²) in [5.41, 5.74) is -0.989. The quantitative estimate of drug-likeness (QED) is 0.103. The van der Waals surface area contributed by atoms with Crippen LogP contribution in [0, 0.1) is 34.5 Å². The monoisotopic (exact) mass is 942 g/mol. The maximum atomic E-state index is 12.6. The lowest BCUT2D eigenvalue weighted by Crippen LogP contribution is -2.67. The fourth-order valence-electron chi connectivity index (χ4n) is 14.3. The molecule has 5 heterocycles. The number of hydrogen-bond acceptors (Lipinski definition) is 19. The van der Waals surface area contributed by atoms with Crippen LogP contribution in [0.5, 0.6) is 0 Å². The molecule has 0 amide bonds. The van der Waals surface area contributed by atoms with E-state index in [2.05, 4.69) is 6.92 Å². The summed E-state index contributed by atoms with van der Waals surface area (Å²) in [6.07, 6.45) is -10.8. The molecule has 26 atom stereocenters. The highest BCUT2D eigenvalue weighted by Crippen LogP contribution is 2.70. The highest BCUT2D eigenvalue weighted by molar-refractivity contribution is 5.85. The van der Waals surface area contributed by atoms with Gasteiger partial charge < -0.3 is 88.6 Å². The van der Waals surface area contributed by atoms with Gasteiger partial charge in [0.25, 0.3) is 0 Å². The minimum atomic E-state index is -1.65. The molecule has 66 heavy (non-hydrogen) atoms. The molecule has 4 saturated heterocycles. The van der Waals surface area contributed by atoms with Crippen LogP contribution in [-0.2, 0) is 47.4 Å². The summed E-state index contributed by atoms with van der Waals surface area (Å²) in [7, 11) is 0. The Labute approximate surface area is 385 Å². The zero-order chi connectivity index (χ0) is 47.2. The standard InChI is InChI=1S/C47H74O19/c1-20-41(64-36-16-30(50)42(21(2)60-36)65-37-17-31(51)43(22(3)61-37)66-44-40(56)39(55)38(54)32(18-48)63-44)29(49)15-35(59-20)62-25-8-10-45(4)24(13-25)6-7-27-28(45)14-33(52)46(5)26(9-11-47(27,46)57)23-12-34(53)58-19-23/h12,20-22,24-33,35-44,48-52,54-57H,6-11,13-19H2,1-5H3/t20-,21-,22-,24+,25+,26-,27-,28-,29+,30+,31+,32-,33-,35+,36-,37+,38-,39+,40-,41+,42-,43-,44+,45+,46+,47+/m1/s1. The molecule has 376 valence electrons. The Morgan fingerprint density at radius 1 is 0.652 bits per heavy atom. The number of aliphatic hydroxyl groups is 9. The minimum absolute atomic E-state index is 0.0188. The number of fused-ring (bicyclic) bond motifs is 5. The molecule has 8 fully saturated rings. The molecular weight excluding hydrogens is 868 g/mol. The highest BCUT2D eigenvalue weighted by Gasteiger charge is 2.71. The number of carbonyl (C=O) groups excluding carboxylic acids is 1. The summed E-state index contributed by atoms with van der Waals surface area (Å²) in [5, 5.41) is 98.4. The third-order valence-corrected chi connectivity index (χ3v) is 18.1. The van der Waals surface area contributed by atoms with Gasteiger partial charge in [-0.05, 0) is 107 Å². The molecule has 5 aliphatic heterocycles. The molecule has 19 heteroatoms. The van der Waals surface area contributed by atoms with Crippen LogP contribution in [0.15, 0.2) is 11.6 Å². The number of aliphatic hydroxyl groups excluding tert-OH is 8. The molecule has 19 nitrogen and oxygen atoms in total. The summed E-state index contributed by atoms with van der Waals surface area (Å²) in [4.78, 5) is 12.0. The van der Waals surface area contributed by atoms with Crippen molar-refractivity contribution >= 4 is 5.97 Å². The van der Waals surface area contributed by atoms with Gasteiger partial charge in [-0.3, -0.25) is 0 Å². The fraction of sp³-hybridized carbons (Fsp3) is 0.936. The van der Waals surface area contributed by atoms with Crippen molar-refractivity contribution in [1.29, 1.82) is 0 Å². The third kappa shape index (κ3) is 8.64. The number of hydrogen-bond donors (Lipinski definition) is 9. The predicted octanol–water partition coefficient (Wildman–Crippen LogP) is 0.0423. The third-order valence-electron chi connectivity index (χ3n) is 18.1. The molecule has 0 aromatic heterocycles. The maximum Gasteiger partial charge on any atom is 0.331 e. The van der Waals surface area contributed by atoms with Gasteiger partial charge in [0, 0.05) is 30.8 Å². The average molecular weight is 943 g/mol. The Morgan fingerprint density at radius 3 is 1.77 bits per heavy atom. The van der Waals surface area contributed by atoms with Crippen molar-refractivity contribution in [3.63, 3.8) is 0 Å². The van der Waals surface area contributed by atoms with Crippen LogP contribution in [0.1, 0.15) is 105 Å².